The Balaban J connectivity index is 2.57. The molecule has 0 fully saturated rings. The van der Waals surface area contributed by atoms with Crippen molar-refractivity contribution in [1.82, 2.24) is 9.78 Å². The molecule has 0 aliphatic carbocycles. The van der Waals surface area contributed by atoms with Gasteiger partial charge in [-0.25, -0.2) is 9.48 Å². The summed E-state index contributed by atoms with van der Waals surface area (Å²) in [6.07, 6.45) is 3.14. The van der Waals surface area contributed by atoms with Crippen LogP contribution in [-0.4, -0.2) is 26.8 Å². The highest BCUT2D eigenvalue weighted by molar-refractivity contribution is 5.95. The van der Waals surface area contributed by atoms with Crippen LogP contribution >= 0.6 is 0 Å². The number of carboxylic acid groups (broad SMARTS) is 1. The highest BCUT2D eigenvalue weighted by Crippen LogP contribution is 2.18. The molecule has 1 N–H and O–H groups in total. The van der Waals surface area contributed by atoms with Crippen molar-refractivity contribution in [3.63, 3.8) is 0 Å². The van der Waals surface area contributed by atoms with Crippen molar-refractivity contribution >= 4 is 11.9 Å². The lowest BCUT2D eigenvalue weighted by Crippen LogP contribution is -2.19. The van der Waals surface area contributed by atoms with E-state index in [1.54, 1.807) is 6.92 Å². The maximum Gasteiger partial charge on any atom is 0.339 e. The molecule has 0 amide bonds. The molecular weight excluding hydrogens is 184 g/mol. The first-order valence-corrected chi connectivity index (χ1v) is 4.11. The summed E-state index contributed by atoms with van der Waals surface area (Å²) in [6, 6.07) is 0. The van der Waals surface area contributed by atoms with E-state index in [4.69, 9.17) is 5.11 Å². The van der Waals surface area contributed by atoms with E-state index in [9.17, 15) is 9.59 Å². The third-order valence-electron chi connectivity index (χ3n) is 2.12. The van der Waals surface area contributed by atoms with Crippen molar-refractivity contribution in [2.45, 2.75) is 13.3 Å². The van der Waals surface area contributed by atoms with Gasteiger partial charge in [-0.2, -0.15) is 5.10 Å². The lowest BCUT2D eigenvalue weighted by molar-refractivity contribution is 0.0696. The number of carbonyl (C=O) groups excluding carboxylic acids is 1. The van der Waals surface area contributed by atoms with Crippen molar-refractivity contribution in [3.8, 4) is 0 Å². The number of allylic oxidation sites excluding steroid dienone is 2. The van der Waals surface area contributed by atoms with E-state index in [0.717, 1.165) is 10.3 Å². The van der Waals surface area contributed by atoms with Gasteiger partial charge in [0.2, 0.25) is 0 Å². The van der Waals surface area contributed by atoms with Gasteiger partial charge in [0.05, 0.1) is 11.9 Å². The predicted molar refractivity (Wildman–Crippen MR) is 47.3 cm³/mol. The standard InChI is InChI=1S/C9H8N2O3/c1-5-2-7-6(9(13)14)4-10-11(7)8(12)3-5/h3-4H,2H2,1H3,(H,13,14). The van der Waals surface area contributed by atoms with Gasteiger partial charge >= 0.3 is 5.97 Å². The van der Waals surface area contributed by atoms with E-state index in [0.29, 0.717) is 12.1 Å². The largest absolute Gasteiger partial charge is 0.478 e. The lowest BCUT2D eigenvalue weighted by Gasteiger charge is -2.11. The summed E-state index contributed by atoms with van der Waals surface area (Å²) in [7, 11) is 0. The molecule has 0 bridgehead atoms. The molecule has 5 nitrogen and oxygen atoms in total. The Morgan fingerprint density at radius 1 is 1.64 bits per heavy atom. The predicted octanol–water partition coefficient (Wildman–Crippen LogP) is 0.724. The molecule has 0 saturated carbocycles. The zero-order valence-corrected chi connectivity index (χ0v) is 7.52. The van der Waals surface area contributed by atoms with Gasteiger partial charge in [0.1, 0.15) is 5.56 Å². The number of carbonyl (C=O) groups is 2. The van der Waals surface area contributed by atoms with Crippen molar-refractivity contribution in [2.24, 2.45) is 0 Å². The Morgan fingerprint density at radius 2 is 2.36 bits per heavy atom. The van der Waals surface area contributed by atoms with E-state index in [-0.39, 0.29) is 11.5 Å². The Bertz CT molecular complexity index is 457. The van der Waals surface area contributed by atoms with Gasteiger partial charge in [0.15, 0.2) is 0 Å². The molecule has 1 aliphatic heterocycles. The SMILES string of the molecule is CC1=CC(=O)n2ncc(C(=O)O)c2C1. The van der Waals surface area contributed by atoms with Crippen LogP contribution < -0.4 is 0 Å². The van der Waals surface area contributed by atoms with Gasteiger partial charge in [-0.1, -0.05) is 5.57 Å². The molecule has 72 valence electrons. The van der Waals surface area contributed by atoms with E-state index in [1.807, 2.05) is 0 Å². The summed E-state index contributed by atoms with van der Waals surface area (Å²) in [5.41, 5.74) is 1.42. The fraction of sp³-hybridized carbons (Fsp3) is 0.222. The molecule has 14 heavy (non-hydrogen) atoms. The summed E-state index contributed by atoms with van der Waals surface area (Å²) < 4.78 is 1.14. The van der Waals surface area contributed by atoms with Gasteiger partial charge in [-0.05, 0) is 6.92 Å². The minimum absolute atomic E-state index is 0.103. The smallest absolute Gasteiger partial charge is 0.339 e. The van der Waals surface area contributed by atoms with Gasteiger partial charge in [0.25, 0.3) is 5.91 Å². The van der Waals surface area contributed by atoms with Crippen LogP contribution in [0.4, 0.5) is 0 Å². The van der Waals surface area contributed by atoms with Crippen molar-refractivity contribution in [3.05, 3.63) is 29.1 Å². The van der Waals surface area contributed by atoms with Crippen molar-refractivity contribution in [1.29, 1.82) is 0 Å². The van der Waals surface area contributed by atoms with E-state index in [1.165, 1.54) is 12.3 Å². The number of rotatable bonds is 1. The van der Waals surface area contributed by atoms with Gasteiger partial charge in [-0.15, -0.1) is 0 Å². The Morgan fingerprint density at radius 3 is 3.00 bits per heavy atom. The molecule has 0 saturated heterocycles. The third kappa shape index (κ3) is 1.14. The molecule has 0 aromatic carbocycles. The number of fused-ring (bicyclic) bond motifs is 1. The first-order chi connectivity index (χ1) is 6.59. The second-order valence-electron chi connectivity index (χ2n) is 3.23. The number of hydrogen-bond donors (Lipinski definition) is 1. The number of aromatic carboxylic acids is 1. The highest BCUT2D eigenvalue weighted by atomic mass is 16.4. The molecule has 0 atom stereocenters. The normalized spacial score (nSPS) is 14.9. The average molecular weight is 192 g/mol. The number of nitrogens with zero attached hydrogens (tertiary/aromatic N) is 2. The number of hydrogen-bond acceptors (Lipinski definition) is 3. The van der Waals surface area contributed by atoms with Crippen LogP contribution in [-0.2, 0) is 6.42 Å². The molecule has 2 rings (SSSR count). The summed E-state index contributed by atoms with van der Waals surface area (Å²) in [6.45, 7) is 1.79. The van der Waals surface area contributed by atoms with Crippen molar-refractivity contribution in [2.75, 3.05) is 0 Å². The van der Waals surface area contributed by atoms with Crippen LogP contribution in [0, 0.1) is 0 Å². The Labute approximate surface area is 79.7 Å². The van der Waals surface area contributed by atoms with E-state index < -0.39 is 5.97 Å². The van der Waals surface area contributed by atoms with E-state index in [2.05, 4.69) is 5.10 Å². The lowest BCUT2D eigenvalue weighted by atomic mass is 10.1. The fourth-order valence-electron chi connectivity index (χ4n) is 1.50. The number of aromatic nitrogens is 2. The molecule has 5 heteroatoms. The highest BCUT2D eigenvalue weighted by Gasteiger charge is 2.22. The maximum absolute atomic E-state index is 11.4. The quantitative estimate of drug-likeness (QED) is 0.711. The molecule has 0 unspecified atom stereocenters. The molecule has 1 aromatic heterocycles. The fourth-order valence-corrected chi connectivity index (χ4v) is 1.50. The summed E-state index contributed by atoms with van der Waals surface area (Å²) >= 11 is 0. The molecule has 2 heterocycles. The molecular formula is C9H8N2O3. The van der Waals surface area contributed by atoms with Gasteiger partial charge in [0, 0.05) is 12.5 Å². The van der Waals surface area contributed by atoms with Crippen LogP contribution in [0.1, 0.15) is 27.8 Å². The third-order valence-corrected chi connectivity index (χ3v) is 2.12. The Kier molecular flexibility index (Phi) is 1.73. The van der Waals surface area contributed by atoms with E-state index >= 15 is 0 Å². The van der Waals surface area contributed by atoms with Crippen LogP contribution in [0.25, 0.3) is 0 Å². The first-order valence-electron chi connectivity index (χ1n) is 4.11. The van der Waals surface area contributed by atoms with Gasteiger partial charge < -0.3 is 5.11 Å². The van der Waals surface area contributed by atoms with Crippen LogP contribution in [0.5, 0.6) is 0 Å². The monoisotopic (exact) mass is 192 g/mol. The summed E-state index contributed by atoms with van der Waals surface area (Å²) in [5.74, 6) is -1.33. The summed E-state index contributed by atoms with van der Waals surface area (Å²) in [4.78, 5) is 22.1. The maximum atomic E-state index is 11.4. The van der Waals surface area contributed by atoms with Crippen LogP contribution in [0.15, 0.2) is 17.8 Å². The second kappa shape index (κ2) is 2.80. The number of carboxylic acids is 1. The molecule has 0 spiro atoms. The van der Waals surface area contributed by atoms with Gasteiger partial charge in [-0.3, -0.25) is 4.79 Å². The average Bonchev–Trinajstić information content (AvgIpc) is 2.47. The minimum atomic E-state index is -1.05. The zero-order valence-electron chi connectivity index (χ0n) is 7.52. The molecule has 1 aliphatic rings. The topological polar surface area (TPSA) is 72.2 Å². The molecule has 0 radical (unpaired) electrons. The molecule has 1 aromatic rings. The first kappa shape index (κ1) is 8.68. The minimum Gasteiger partial charge on any atom is -0.478 e. The van der Waals surface area contributed by atoms with Crippen LogP contribution in [0.2, 0.25) is 0 Å². The zero-order chi connectivity index (χ0) is 10.3. The Hall–Kier alpha value is -1.91. The van der Waals surface area contributed by atoms with Crippen molar-refractivity contribution < 1.29 is 14.7 Å². The van der Waals surface area contributed by atoms with Crippen LogP contribution in [0.3, 0.4) is 0 Å². The summed E-state index contributed by atoms with van der Waals surface area (Å²) in [5, 5.41) is 12.6. The second-order valence-corrected chi connectivity index (χ2v) is 3.23.